The SMILES string of the molecule is C[C@H](NC(=O)c1c(N)nn2nccnc12)c1cc2cccc(Cl)c2c(=O)n1-c1ccccc1. The van der Waals surface area contributed by atoms with E-state index >= 15 is 0 Å². The normalized spacial score (nSPS) is 12.2. The number of para-hydroxylation sites is 1. The number of hydrogen-bond acceptors (Lipinski definition) is 6. The number of carbonyl (C=O) groups excluding carboxylic acids is 1. The molecule has 0 aliphatic rings. The number of nitrogens with two attached hydrogens (primary N) is 1. The van der Waals surface area contributed by atoms with Gasteiger partial charge in [0, 0.05) is 17.6 Å². The Balaban J connectivity index is 1.64. The zero-order valence-electron chi connectivity index (χ0n) is 17.4. The number of hydrogen-bond donors (Lipinski definition) is 2. The molecule has 2 aromatic carbocycles. The Morgan fingerprint density at radius 1 is 1.12 bits per heavy atom. The van der Waals surface area contributed by atoms with Crippen LogP contribution >= 0.6 is 11.6 Å². The molecular formula is C23H18ClN7O2. The summed E-state index contributed by atoms with van der Waals surface area (Å²) in [5.74, 6) is -0.467. The molecule has 0 bridgehead atoms. The van der Waals surface area contributed by atoms with E-state index in [1.807, 2.05) is 42.5 Å². The fourth-order valence-electron chi connectivity index (χ4n) is 3.87. The number of nitrogens with zero attached hydrogens (tertiary/aromatic N) is 5. The van der Waals surface area contributed by atoms with Gasteiger partial charge in [0.25, 0.3) is 11.5 Å². The lowest BCUT2D eigenvalue weighted by Gasteiger charge is -2.21. The number of aromatic nitrogens is 5. The molecule has 33 heavy (non-hydrogen) atoms. The first-order chi connectivity index (χ1) is 16.0. The summed E-state index contributed by atoms with van der Waals surface area (Å²) in [4.78, 5) is 30.8. The lowest BCUT2D eigenvalue weighted by atomic mass is 10.1. The smallest absolute Gasteiger partial charge is 0.264 e. The molecule has 0 unspecified atom stereocenters. The molecular weight excluding hydrogens is 442 g/mol. The molecule has 164 valence electrons. The molecule has 5 aromatic rings. The zero-order chi connectivity index (χ0) is 23.1. The van der Waals surface area contributed by atoms with Crippen LogP contribution in [0, 0.1) is 0 Å². The third kappa shape index (κ3) is 3.48. The highest BCUT2D eigenvalue weighted by Gasteiger charge is 2.24. The highest BCUT2D eigenvalue weighted by Crippen LogP contribution is 2.26. The second-order valence-electron chi connectivity index (χ2n) is 7.46. The average molecular weight is 460 g/mol. The van der Waals surface area contributed by atoms with Crippen molar-refractivity contribution in [3.8, 4) is 5.69 Å². The van der Waals surface area contributed by atoms with E-state index in [2.05, 4.69) is 20.5 Å². The molecule has 0 fully saturated rings. The molecule has 5 rings (SSSR count). The second kappa shape index (κ2) is 8.03. The molecule has 0 saturated carbocycles. The monoisotopic (exact) mass is 459 g/mol. The van der Waals surface area contributed by atoms with Gasteiger partial charge in [-0.05, 0) is 36.6 Å². The van der Waals surface area contributed by atoms with Crippen molar-refractivity contribution < 1.29 is 4.79 Å². The van der Waals surface area contributed by atoms with Crippen LogP contribution in [-0.4, -0.2) is 30.3 Å². The summed E-state index contributed by atoms with van der Waals surface area (Å²) in [6.07, 6.45) is 2.90. The molecule has 10 heteroatoms. The van der Waals surface area contributed by atoms with Crippen molar-refractivity contribution in [1.82, 2.24) is 29.7 Å². The molecule has 0 spiro atoms. The van der Waals surface area contributed by atoms with Gasteiger partial charge in [-0.25, -0.2) is 4.98 Å². The van der Waals surface area contributed by atoms with E-state index in [4.69, 9.17) is 17.3 Å². The van der Waals surface area contributed by atoms with Crippen molar-refractivity contribution in [2.45, 2.75) is 13.0 Å². The van der Waals surface area contributed by atoms with Crippen LogP contribution in [0.4, 0.5) is 5.82 Å². The van der Waals surface area contributed by atoms with Gasteiger partial charge in [-0.3, -0.25) is 14.2 Å². The first-order valence-corrected chi connectivity index (χ1v) is 10.5. The minimum Gasteiger partial charge on any atom is -0.381 e. The van der Waals surface area contributed by atoms with Crippen LogP contribution in [0.25, 0.3) is 22.1 Å². The molecule has 0 aliphatic heterocycles. The third-order valence-corrected chi connectivity index (χ3v) is 5.68. The fourth-order valence-corrected chi connectivity index (χ4v) is 4.13. The topological polar surface area (TPSA) is 120 Å². The number of nitrogen functional groups attached to an aromatic ring is 1. The van der Waals surface area contributed by atoms with E-state index in [1.165, 1.54) is 17.0 Å². The lowest BCUT2D eigenvalue weighted by Crippen LogP contribution is -2.32. The van der Waals surface area contributed by atoms with Crippen molar-refractivity contribution in [3.05, 3.63) is 93.6 Å². The van der Waals surface area contributed by atoms with Gasteiger partial charge in [0.15, 0.2) is 11.5 Å². The average Bonchev–Trinajstić information content (AvgIpc) is 3.15. The Morgan fingerprint density at radius 2 is 1.91 bits per heavy atom. The van der Waals surface area contributed by atoms with Crippen molar-refractivity contribution in [3.63, 3.8) is 0 Å². The second-order valence-corrected chi connectivity index (χ2v) is 7.87. The fraction of sp³-hybridized carbons (Fsp3) is 0.0870. The highest BCUT2D eigenvalue weighted by atomic mass is 35.5. The van der Waals surface area contributed by atoms with E-state index in [-0.39, 0.29) is 22.6 Å². The van der Waals surface area contributed by atoms with Gasteiger partial charge in [0.1, 0.15) is 5.56 Å². The molecule has 1 amide bonds. The summed E-state index contributed by atoms with van der Waals surface area (Å²) in [7, 11) is 0. The van der Waals surface area contributed by atoms with Crippen LogP contribution in [0.3, 0.4) is 0 Å². The molecule has 9 nitrogen and oxygen atoms in total. The first-order valence-electron chi connectivity index (χ1n) is 10.1. The van der Waals surface area contributed by atoms with E-state index in [0.717, 1.165) is 0 Å². The van der Waals surface area contributed by atoms with Crippen LogP contribution in [0.1, 0.15) is 29.0 Å². The molecule has 3 heterocycles. The zero-order valence-corrected chi connectivity index (χ0v) is 18.2. The maximum atomic E-state index is 13.5. The van der Waals surface area contributed by atoms with Gasteiger partial charge in [-0.1, -0.05) is 41.9 Å². The Labute approximate surface area is 192 Å². The van der Waals surface area contributed by atoms with E-state index in [1.54, 1.807) is 23.6 Å². The number of anilines is 1. The van der Waals surface area contributed by atoms with Crippen LogP contribution in [-0.2, 0) is 0 Å². The molecule has 3 aromatic heterocycles. The maximum Gasteiger partial charge on any atom is 0.264 e. The standard InChI is InChI=1S/C23H18ClN7O2/c1-13(28-22(32)19-20(25)29-31-21(19)26-10-11-27-31)17-12-14-6-5-9-16(24)18(14)23(33)30(17)15-7-3-2-4-8-15/h2-13H,1H3,(H2,25,29)(H,28,32)/t13-/m0/s1. The minimum atomic E-state index is -0.570. The minimum absolute atomic E-state index is 0.0108. The molecule has 1 atom stereocenters. The Hall–Kier alpha value is -4.24. The predicted molar refractivity (Wildman–Crippen MR) is 126 cm³/mol. The predicted octanol–water partition coefficient (Wildman–Crippen LogP) is 3.16. The summed E-state index contributed by atoms with van der Waals surface area (Å²) < 4.78 is 2.76. The van der Waals surface area contributed by atoms with Crippen LogP contribution in [0.15, 0.2) is 71.8 Å². The van der Waals surface area contributed by atoms with Gasteiger partial charge in [-0.15, -0.1) is 9.73 Å². The number of rotatable bonds is 4. The van der Waals surface area contributed by atoms with Gasteiger partial charge < -0.3 is 11.1 Å². The largest absolute Gasteiger partial charge is 0.381 e. The number of pyridine rings is 1. The van der Waals surface area contributed by atoms with Crippen molar-refractivity contribution >= 4 is 39.7 Å². The maximum absolute atomic E-state index is 13.5. The summed E-state index contributed by atoms with van der Waals surface area (Å²) >= 11 is 6.36. The Bertz CT molecular complexity index is 1580. The number of halogens is 1. The van der Waals surface area contributed by atoms with Crippen molar-refractivity contribution in [1.29, 1.82) is 0 Å². The van der Waals surface area contributed by atoms with E-state index in [0.29, 0.717) is 27.2 Å². The summed E-state index contributed by atoms with van der Waals surface area (Å²) in [5, 5.41) is 12.4. The molecule has 0 aliphatic carbocycles. The number of amides is 1. The lowest BCUT2D eigenvalue weighted by molar-refractivity contribution is 0.0941. The highest BCUT2D eigenvalue weighted by molar-refractivity contribution is 6.35. The third-order valence-electron chi connectivity index (χ3n) is 5.37. The van der Waals surface area contributed by atoms with E-state index < -0.39 is 11.9 Å². The van der Waals surface area contributed by atoms with Gasteiger partial charge in [0.2, 0.25) is 0 Å². The summed E-state index contributed by atoms with van der Waals surface area (Å²) in [5.41, 5.74) is 7.28. The van der Waals surface area contributed by atoms with E-state index in [9.17, 15) is 9.59 Å². The molecule has 3 N–H and O–H groups in total. The number of benzene rings is 2. The van der Waals surface area contributed by atoms with Gasteiger partial charge >= 0.3 is 0 Å². The molecule has 0 radical (unpaired) electrons. The Morgan fingerprint density at radius 3 is 2.70 bits per heavy atom. The first kappa shape index (κ1) is 20.7. The number of fused-ring (bicyclic) bond motifs is 2. The van der Waals surface area contributed by atoms with Crippen LogP contribution < -0.4 is 16.6 Å². The molecule has 0 saturated heterocycles. The van der Waals surface area contributed by atoms with Gasteiger partial charge in [-0.2, -0.15) is 5.10 Å². The van der Waals surface area contributed by atoms with Crippen molar-refractivity contribution in [2.24, 2.45) is 0 Å². The summed E-state index contributed by atoms with van der Waals surface area (Å²) in [6.45, 7) is 1.79. The van der Waals surface area contributed by atoms with Crippen LogP contribution in [0.5, 0.6) is 0 Å². The number of carbonyl (C=O) groups is 1. The van der Waals surface area contributed by atoms with Crippen molar-refractivity contribution in [2.75, 3.05) is 5.73 Å². The number of nitrogens with one attached hydrogen (secondary N) is 1. The Kier molecular flexibility index (Phi) is 5.02. The van der Waals surface area contributed by atoms with Gasteiger partial charge in [0.05, 0.1) is 22.6 Å². The summed E-state index contributed by atoms with van der Waals surface area (Å²) in [6, 6.07) is 15.7. The van der Waals surface area contributed by atoms with Crippen LogP contribution in [0.2, 0.25) is 5.02 Å². The quantitative estimate of drug-likeness (QED) is 0.426.